The molecule has 1 N–H and O–H groups in total. The predicted molar refractivity (Wildman–Crippen MR) is 109 cm³/mol. The van der Waals surface area contributed by atoms with Crippen LogP contribution in [-0.2, 0) is 13.1 Å². The van der Waals surface area contributed by atoms with Crippen molar-refractivity contribution in [3.05, 3.63) is 47.4 Å². The van der Waals surface area contributed by atoms with E-state index >= 15 is 0 Å². The number of rotatable bonds is 10. The van der Waals surface area contributed by atoms with Crippen molar-refractivity contribution in [3.8, 4) is 11.5 Å². The van der Waals surface area contributed by atoms with Crippen LogP contribution in [0.4, 0.5) is 0 Å². The van der Waals surface area contributed by atoms with E-state index in [-0.39, 0.29) is 6.61 Å². The molecule has 6 nitrogen and oxygen atoms in total. The summed E-state index contributed by atoms with van der Waals surface area (Å²) in [6.45, 7) is 6.54. The first-order chi connectivity index (χ1) is 13.5. The van der Waals surface area contributed by atoms with Gasteiger partial charge < -0.3 is 23.9 Å². The fourth-order valence-electron chi connectivity index (χ4n) is 3.64. The molecule has 1 unspecified atom stereocenters. The molecule has 1 aromatic heterocycles. The number of β-amino-alcohol motifs (C(OH)–C–C–N with tert-alkyl or cyclic N) is 1. The lowest BCUT2D eigenvalue weighted by atomic mass is 10.2. The second-order valence-corrected chi connectivity index (χ2v) is 7.64. The van der Waals surface area contributed by atoms with E-state index in [1.54, 1.807) is 7.11 Å². The van der Waals surface area contributed by atoms with Gasteiger partial charge in [0.25, 0.3) is 0 Å². The minimum atomic E-state index is -0.495. The molecule has 0 aliphatic carbocycles. The van der Waals surface area contributed by atoms with Gasteiger partial charge in [-0.25, -0.2) is 0 Å². The smallest absolute Gasteiger partial charge is 0.161 e. The average Bonchev–Trinajstić information content (AvgIpc) is 3.32. The van der Waals surface area contributed by atoms with Crippen LogP contribution < -0.4 is 9.47 Å². The Morgan fingerprint density at radius 2 is 1.93 bits per heavy atom. The topological polar surface area (TPSA) is 58.3 Å². The zero-order valence-corrected chi connectivity index (χ0v) is 17.2. The van der Waals surface area contributed by atoms with E-state index in [0.29, 0.717) is 18.0 Å². The molecule has 1 saturated heterocycles. The van der Waals surface area contributed by atoms with Crippen molar-refractivity contribution in [1.82, 2.24) is 9.80 Å². The molecule has 0 amide bonds. The summed E-state index contributed by atoms with van der Waals surface area (Å²) in [5.74, 6) is 3.24. The van der Waals surface area contributed by atoms with E-state index in [1.165, 1.54) is 12.8 Å². The third-order valence-corrected chi connectivity index (χ3v) is 5.00. The van der Waals surface area contributed by atoms with Gasteiger partial charge in [-0.2, -0.15) is 0 Å². The van der Waals surface area contributed by atoms with E-state index in [4.69, 9.17) is 13.9 Å². The quantitative estimate of drug-likeness (QED) is 0.675. The lowest BCUT2D eigenvalue weighted by Gasteiger charge is -2.20. The molecular formula is C22H32N2O4. The molecule has 154 valence electrons. The van der Waals surface area contributed by atoms with Crippen LogP contribution in [-0.4, -0.2) is 61.4 Å². The van der Waals surface area contributed by atoms with Gasteiger partial charge in [0.1, 0.15) is 24.2 Å². The van der Waals surface area contributed by atoms with E-state index in [9.17, 15) is 5.11 Å². The number of methoxy groups -OCH3 is 1. The predicted octanol–water partition coefficient (Wildman–Crippen LogP) is 3.06. The van der Waals surface area contributed by atoms with E-state index in [1.807, 2.05) is 37.3 Å². The van der Waals surface area contributed by atoms with Crippen LogP contribution in [0.5, 0.6) is 11.5 Å². The zero-order chi connectivity index (χ0) is 19.9. The number of aliphatic hydroxyl groups is 1. The highest BCUT2D eigenvalue weighted by Crippen LogP contribution is 2.29. The SMILES string of the molecule is COc1cc(CN(C)Cc2ccc(C)o2)ccc1OCC(O)CN1CCCC1. The number of likely N-dealkylation sites (tertiary alicyclic amines) is 1. The Morgan fingerprint density at radius 1 is 1.14 bits per heavy atom. The molecule has 3 rings (SSSR count). The highest BCUT2D eigenvalue weighted by molar-refractivity contribution is 5.43. The molecule has 1 atom stereocenters. The van der Waals surface area contributed by atoms with Gasteiger partial charge in [-0.05, 0) is 69.7 Å². The number of aryl methyl sites for hydroxylation is 1. The third-order valence-electron chi connectivity index (χ3n) is 5.00. The van der Waals surface area contributed by atoms with Crippen LogP contribution in [0.25, 0.3) is 0 Å². The van der Waals surface area contributed by atoms with E-state index in [2.05, 4.69) is 16.8 Å². The summed E-state index contributed by atoms with van der Waals surface area (Å²) in [5.41, 5.74) is 1.13. The van der Waals surface area contributed by atoms with Gasteiger partial charge in [0.05, 0.1) is 13.7 Å². The summed E-state index contributed by atoms with van der Waals surface area (Å²) in [6.07, 6.45) is 1.94. The first kappa shape index (κ1) is 20.7. The average molecular weight is 389 g/mol. The highest BCUT2D eigenvalue weighted by Gasteiger charge is 2.17. The number of hydrogen-bond donors (Lipinski definition) is 1. The Morgan fingerprint density at radius 3 is 2.61 bits per heavy atom. The number of aliphatic hydroxyl groups excluding tert-OH is 1. The molecule has 0 radical (unpaired) electrons. The monoisotopic (exact) mass is 388 g/mol. The maximum atomic E-state index is 10.2. The van der Waals surface area contributed by atoms with Crippen LogP contribution in [0.3, 0.4) is 0 Å². The second kappa shape index (κ2) is 9.96. The van der Waals surface area contributed by atoms with Gasteiger partial charge in [-0.1, -0.05) is 6.07 Å². The summed E-state index contributed by atoms with van der Waals surface area (Å²) in [4.78, 5) is 4.47. The van der Waals surface area contributed by atoms with Gasteiger partial charge in [0.15, 0.2) is 11.5 Å². The molecule has 28 heavy (non-hydrogen) atoms. The number of furan rings is 1. The zero-order valence-electron chi connectivity index (χ0n) is 17.2. The fraction of sp³-hybridized carbons (Fsp3) is 0.545. The Hall–Kier alpha value is -2.02. The Bertz CT molecular complexity index is 740. The molecule has 1 aromatic carbocycles. The van der Waals surface area contributed by atoms with Gasteiger partial charge in [-0.3, -0.25) is 4.90 Å². The van der Waals surface area contributed by atoms with Crippen LogP contribution in [0.15, 0.2) is 34.7 Å². The van der Waals surface area contributed by atoms with Crippen molar-refractivity contribution < 1.29 is 19.0 Å². The van der Waals surface area contributed by atoms with Crippen LogP contribution in [0, 0.1) is 6.92 Å². The van der Waals surface area contributed by atoms with Crippen molar-refractivity contribution >= 4 is 0 Å². The molecule has 2 aromatic rings. The molecule has 1 fully saturated rings. The number of ether oxygens (including phenoxy) is 2. The third kappa shape index (κ3) is 5.99. The molecule has 0 saturated carbocycles. The van der Waals surface area contributed by atoms with Gasteiger partial charge in [-0.15, -0.1) is 0 Å². The van der Waals surface area contributed by atoms with Gasteiger partial charge in [0.2, 0.25) is 0 Å². The van der Waals surface area contributed by atoms with Crippen LogP contribution in [0.2, 0.25) is 0 Å². The summed E-state index contributed by atoms with van der Waals surface area (Å²) < 4.78 is 17.0. The van der Waals surface area contributed by atoms with Crippen molar-refractivity contribution in [2.75, 3.05) is 40.4 Å². The molecular weight excluding hydrogens is 356 g/mol. The maximum Gasteiger partial charge on any atom is 0.161 e. The summed E-state index contributed by atoms with van der Waals surface area (Å²) in [6, 6.07) is 9.94. The molecule has 2 heterocycles. The molecule has 6 heteroatoms. The molecule has 0 bridgehead atoms. The Balaban J connectivity index is 1.52. The summed E-state index contributed by atoms with van der Waals surface area (Å²) >= 11 is 0. The van der Waals surface area contributed by atoms with Crippen molar-refractivity contribution in [3.63, 3.8) is 0 Å². The second-order valence-electron chi connectivity index (χ2n) is 7.64. The Labute approximate surface area is 167 Å². The summed E-state index contributed by atoms with van der Waals surface area (Å²) in [7, 11) is 3.70. The number of benzene rings is 1. The molecule has 1 aliphatic heterocycles. The van der Waals surface area contributed by atoms with Gasteiger partial charge >= 0.3 is 0 Å². The van der Waals surface area contributed by atoms with Crippen molar-refractivity contribution in [2.24, 2.45) is 0 Å². The maximum absolute atomic E-state index is 10.2. The summed E-state index contributed by atoms with van der Waals surface area (Å²) in [5, 5.41) is 10.2. The number of nitrogens with zero attached hydrogens (tertiary/aromatic N) is 2. The van der Waals surface area contributed by atoms with Gasteiger partial charge in [0, 0.05) is 13.1 Å². The minimum Gasteiger partial charge on any atom is -0.493 e. The van der Waals surface area contributed by atoms with E-state index < -0.39 is 6.10 Å². The first-order valence-corrected chi connectivity index (χ1v) is 9.97. The molecule has 0 spiro atoms. The molecule has 1 aliphatic rings. The largest absolute Gasteiger partial charge is 0.493 e. The standard InChI is InChI=1S/C22H32N2O4/c1-17-6-8-20(28-17)15-23(2)13-18-7-9-21(22(12-18)26-3)27-16-19(25)14-24-10-4-5-11-24/h6-9,12,19,25H,4-5,10-11,13-16H2,1-3H3. The van der Waals surface area contributed by atoms with Crippen molar-refractivity contribution in [1.29, 1.82) is 0 Å². The van der Waals surface area contributed by atoms with Crippen LogP contribution in [0.1, 0.15) is 29.9 Å². The number of hydrogen-bond acceptors (Lipinski definition) is 6. The normalized spacial score (nSPS) is 15.9. The highest BCUT2D eigenvalue weighted by atomic mass is 16.5. The van der Waals surface area contributed by atoms with Crippen molar-refractivity contribution in [2.45, 2.75) is 39.0 Å². The van der Waals surface area contributed by atoms with E-state index in [0.717, 1.165) is 43.3 Å². The fourth-order valence-corrected chi connectivity index (χ4v) is 3.64. The lowest BCUT2D eigenvalue weighted by molar-refractivity contribution is 0.0747. The first-order valence-electron chi connectivity index (χ1n) is 9.97. The minimum absolute atomic E-state index is 0.268. The Kier molecular flexibility index (Phi) is 7.36. The lowest BCUT2D eigenvalue weighted by Crippen LogP contribution is -2.33. The van der Waals surface area contributed by atoms with Crippen LogP contribution >= 0.6 is 0 Å².